The second-order valence-electron chi connectivity index (χ2n) is 10.3. The molecule has 2 heterocycles. The van der Waals surface area contributed by atoms with Crippen molar-refractivity contribution in [3.63, 3.8) is 0 Å². The molecule has 5 unspecified atom stereocenters. The summed E-state index contributed by atoms with van der Waals surface area (Å²) in [6.07, 6.45) is -6.58. The number of carbonyl (C=O) groups is 2. The number of aliphatic hydroxyl groups is 3. The van der Waals surface area contributed by atoms with Gasteiger partial charge in [0.2, 0.25) is 12.0 Å². The number of aromatic carboxylic acids is 1. The number of fused-ring (bicyclic) bond motifs is 1. The smallest absolute Gasteiger partial charge is 0.338 e. The van der Waals surface area contributed by atoms with E-state index in [1.165, 1.54) is 32.4 Å². The molecule has 16 heteroatoms. The first-order chi connectivity index (χ1) is 21.5. The zero-order valence-electron chi connectivity index (χ0n) is 24.7. The topological polar surface area (TPSA) is 255 Å². The molecule has 2 aliphatic heterocycles. The van der Waals surface area contributed by atoms with Crippen LogP contribution in [0.25, 0.3) is 0 Å². The van der Waals surface area contributed by atoms with Gasteiger partial charge in [0.15, 0.2) is 29.0 Å². The number of aliphatic imine (C=N–C) groups is 1. The van der Waals surface area contributed by atoms with Crippen LogP contribution in [0.5, 0.6) is 28.7 Å². The number of nitrogens with two attached hydrogens (primary N) is 2. The summed E-state index contributed by atoms with van der Waals surface area (Å²) >= 11 is 0. The van der Waals surface area contributed by atoms with Crippen LogP contribution in [-0.2, 0) is 22.3 Å². The highest BCUT2D eigenvalue weighted by Gasteiger charge is 2.46. The number of esters is 1. The number of methoxy groups -OCH3 is 2. The Morgan fingerprint density at radius 2 is 1.73 bits per heavy atom. The van der Waals surface area contributed by atoms with Gasteiger partial charge in [-0.2, -0.15) is 0 Å². The molecule has 0 radical (unpaired) electrons. The molecular weight excluding hydrogens is 598 g/mol. The van der Waals surface area contributed by atoms with E-state index in [2.05, 4.69) is 4.99 Å². The van der Waals surface area contributed by atoms with Crippen molar-refractivity contribution in [2.45, 2.75) is 56.4 Å². The number of phenolic OH excluding ortho intramolecular Hbond substituents is 1. The molecule has 45 heavy (non-hydrogen) atoms. The minimum Gasteiger partial charge on any atom is -0.502 e. The number of rotatable bonds is 12. The molecule has 0 amide bonds. The number of aryl methyl sites for hydroxylation is 1. The van der Waals surface area contributed by atoms with Crippen LogP contribution in [0.1, 0.15) is 44.7 Å². The van der Waals surface area contributed by atoms with E-state index in [0.717, 1.165) is 0 Å². The summed E-state index contributed by atoms with van der Waals surface area (Å²) in [6.45, 7) is -0.0599. The first-order valence-corrected chi connectivity index (χ1v) is 14.0. The third kappa shape index (κ3) is 7.42. The zero-order chi connectivity index (χ0) is 32.8. The summed E-state index contributed by atoms with van der Waals surface area (Å²) in [7, 11) is 2.57. The third-order valence-corrected chi connectivity index (χ3v) is 7.36. The van der Waals surface area contributed by atoms with Crippen LogP contribution in [0.4, 0.5) is 0 Å². The fourth-order valence-corrected chi connectivity index (χ4v) is 5.06. The highest BCUT2D eigenvalue weighted by atomic mass is 16.7. The molecule has 0 aliphatic carbocycles. The number of hydrogen-bond donors (Lipinski definition) is 7. The van der Waals surface area contributed by atoms with E-state index in [-0.39, 0.29) is 65.4 Å². The van der Waals surface area contributed by atoms with Crippen LogP contribution in [0.3, 0.4) is 0 Å². The van der Waals surface area contributed by atoms with Gasteiger partial charge in [-0.05, 0) is 49.4 Å². The van der Waals surface area contributed by atoms with Crippen molar-refractivity contribution in [2.75, 3.05) is 34.0 Å². The normalized spacial score (nSPS) is 22.4. The van der Waals surface area contributed by atoms with E-state index in [0.29, 0.717) is 30.4 Å². The fraction of sp³-hybridized carbons (Fsp3) is 0.483. The maximum absolute atomic E-state index is 12.8. The summed E-state index contributed by atoms with van der Waals surface area (Å²) in [5, 5.41) is 52.1. The highest BCUT2D eigenvalue weighted by molar-refractivity contribution is 5.92. The van der Waals surface area contributed by atoms with Crippen molar-refractivity contribution in [3.05, 3.63) is 40.5 Å². The number of aliphatic hydroxyl groups excluding tert-OH is 3. The Labute approximate surface area is 257 Å². The number of carbonyl (C=O) groups excluding carboxylic acids is 1. The number of ether oxygens (including phenoxy) is 6. The molecule has 1 saturated heterocycles. The van der Waals surface area contributed by atoms with Crippen LogP contribution < -0.4 is 30.4 Å². The van der Waals surface area contributed by atoms with E-state index in [1.807, 2.05) is 0 Å². The second-order valence-corrected chi connectivity index (χ2v) is 10.3. The van der Waals surface area contributed by atoms with Crippen LogP contribution in [0.2, 0.25) is 0 Å². The lowest BCUT2D eigenvalue weighted by atomic mass is 9.94. The SMILES string of the molecule is COc1cc(C(=O)OCC2OC(Oc3c(CCCN=C(N)N)cc(C(=O)O)c4c3OCCC4)C(O)C(O)C2O)cc(OC)c1O. The molecular formula is C29H37N3O13. The molecule has 2 aromatic rings. The quantitative estimate of drug-likeness (QED) is 0.0683. The molecule has 0 bridgehead atoms. The number of hydrogen-bond acceptors (Lipinski definition) is 13. The van der Waals surface area contributed by atoms with Gasteiger partial charge < -0.3 is 65.4 Å². The standard InChI is InChI=1S/C29H37N3O13/c1-40-17-10-14(11-18(41-2)20(17)33)27(39)43-12-19-21(34)22(35)23(36)28(44-19)45-24-13(5-3-7-32-29(30)31)9-16(26(37)38)15-6-4-8-42-25(15)24/h9-11,19,21-23,28,33-36H,3-8,12H2,1-2H3,(H,37,38)(H4,30,31,32). The fourth-order valence-electron chi connectivity index (χ4n) is 5.06. The van der Waals surface area contributed by atoms with Gasteiger partial charge in [-0.3, -0.25) is 4.99 Å². The van der Waals surface area contributed by atoms with E-state index < -0.39 is 49.3 Å². The maximum Gasteiger partial charge on any atom is 0.338 e. The van der Waals surface area contributed by atoms with Crippen molar-refractivity contribution in [2.24, 2.45) is 16.5 Å². The van der Waals surface area contributed by atoms with Gasteiger partial charge in [0, 0.05) is 12.1 Å². The lowest BCUT2D eigenvalue weighted by Crippen LogP contribution is -2.60. The molecule has 2 aliphatic rings. The number of guanidine groups is 1. The number of nitrogens with zero attached hydrogens (tertiary/aromatic N) is 1. The predicted molar refractivity (Wildman–Crippen MR) is 155 cm³/mol. The second kappa shape index (κ2) is 14.5. The highest BCUT2D eigenvalue weighted by Crippen LogP contribution is 2.43. The lowest BCUT2D eigenvalue weighted by molar-refractivity contribution is -0.277. The Morgan fingerprint density at radius 3 is 2.36 bits per heavy atom. The summed E-state index contributed by atoms with van der Waals surface area (Å²) in [6, 6.07) is 3.89. The molecule has 0 spiro atoms. The van der Waals surface area contributed by atoms with Crippen molar-refractivity contribution >= 4 is 17.9 Å². The summed E-state index contributed by atoms with van der Waals surface area (Å²) in [4.78, 5) is 28.9. The number of carboxylic acids is 1. The zero-order valence-corrected chi connectivity index (χ0v) is 24.7. The Balaban J connectivity index is 1.58. The van der Waals surface area contributed by atoms with Gasteiger partial charge in [-0.15, -0.1) is 0 Å². The minimum absolute atomic E-state index is 0.0294. The van der Waals surface area contributed by atoms with E-state index in [9.17, 15) is 35.1 Å². The largest absolute Gasteiger partial charge is 0.502 e. The van der Waals surface area contributed by atoms with Gasteiger partial charge in [0.05, 0.1) is 32.0 Å². The van der Waals surface area contributed by atoms with Crippen LogP contribution >= 0.6 is 0 Å². The van der Waals surface area contributed by atoms with Crippen LogP contribution in [-0.4, -0.2) is 108 Å². The molecule has 246 valence electrons. The molecule has 0 saturated carbocycles. The predicted octanol–water partition coefficient (Wildman–Crippen LogP) is -0.318. The number of carboxylic acid groups (broad SMARTS) is 1. The molecule has 9 N–H and O–H groups in total. The minimum atomic E-state index is -1.78. The summed E-state index contributed by atoms with van der Waals surface area (Å²) in [5.74, 6) is -2.32. The number of phenols is 1. The van der Waals surface area contributed by atoms with Crippen molar-refractivity contribution in [1.82, 2.24) is 0 Å². The monoisotopic (exact) mass is 635 g/mol. The average molecular weight is 636 g/mol. The van der Waals surface area contributed by atoms with E-state index in [4.69, 9.17) is 39.9 Å². The third-order valence-electron chi connectivity index (χ3n) is 7.36. The molecule has 16 nitrogen and oxygen atoms in total. The van der Waals surface area contributed by atoms with Gasteiger partial charge in [0.1, 0.15) is 31.0 Å². The number of aromatic hydroxyl groups is 1. The van der Waals surface area contributed by atoms with E-state index in [1.54, 1.807) is 0 Å². The molecule has 0 aromatic heterocycles. The molecule has 4 rings (SSSR count). The van der Waals surface area contributed by atoms with Gasteiger partial charge in [-0.25, -0.2) is 9.59 Å². The maximum atomic E-state index is 12.8. The van der Waals surface area contributed by atoms with E-state index >= 15 is 0 Å². The first kappa shape index (κ1) is 33.4. The van der Waals surface area contributed by atoms with Gasteiger partial charge in [0.25, 0.3) is 0 Å². The molecule has 5 atom stereocenters. The Kier molecular flexibility index (Phi) is 10.8. The Morgan fingerprint density at radius 1 is 1.04 bits per heavy atom. The van der Waals surface area contributed by atoms with Crippen LogP contribution in [0.15, 0.2) is 23.2 Å². The molecule has 1 fully saturated rings. The number of benzene rings is 2. The average Bonchev–Trinajstić information content (AvgIpc) is 3.02. The Hall–Kier alpha value is -4.51. The Bertz CT molecular complexity index is 1400. The van der Waals surface area contributed by atoms with Gasteiger partial charge in [-0.1, -0.05) is 0 Å². The lowest BCUT2D eigenvalue weighted by Gasteiger charge is -2.40. The van der Waals surface area contributed by atoms with Crippen LogP contribution in [0, 0.1) is 0 Å². The summed E-state index contributed by atoms with van der Waals surface area (Å²) in [5.41, 5.74) is 11.6. The first-order valence-electron chi connectivity index (χ1n) is 14.0. The summed E-state index contributed by atoms with van der Waals surface area (Å²) < 4.78 is 33.1. The molecule has 2 aromatic carbocycles. The van der Waals surface area contributed by atoms with Crippen molar-refractivity contribution < 1.29 is 63.5 Å². The van der Waals surface area contributed by atoms with Crippen molar-refractivity contribution in [1.29, 1.82) is 0 Å². The van der Waals surface area contributed by atoms with Crippen molar-refractivity contribution in [3.8, 4) is 28.7 Å². The van der Waals surface area contributed by atoms with Gasteiger partial charge >= 0.3 is 11.9 Å².